The van der Waals surface area contributed by atoms with Gasteiger partial charge in [0.15, 0.2) is 5.22 Å². The molecule has 2 aromatic heterocycles. The molecule has 2 heterocycles. The molecule has 0 fully saturated rings. The first kappa shape index (κ1) is 14.6. The van der Waals surface area contributed by atoms with Crippen LogP contribution in [0.25, 0.3) is 11.0 Å². The van der Waals surface area contributed by atoms with Crippen molar-refractivity contribution in [3.05, 3.63) is 57.4 Å². The van der Waals surface area contributed by atoms with Crippen molar-refractivity contribution in [2.45, 2.75) is 32.4 Å². The topological polar surface area (TPSA) is 25.2 Å². The van der Waals surface area contributed by atoms with Gasteiger partial charge in [0.2, 0.25) is 0 Å². The van der Waals surface area contributed by atoms with Gasteiger partial charge in [0.1, 0.15) is 5.58 Å². The van der Waals surface area contributed by atoms with E-state index >= 15 is 0 Å². The summed E-state index contributed by atoms with van der Waals surface area (Å²) in [5, 5.41) is 7.33. The van der Waals surface area contributed by atoms with Gasteiger partial charge in [0.25, 0.3) is 0 Å². The predicted molar refractivity (Wildman–Crippen MR) is 90.0 cm³/mol. The first-order valence-electron chi connectivity index (χ1n) is 7.22. The summed E-state index contributed by atoms with van der Waals surface area (Å²) in [6.45, 7) is 2.93. The zero-order valence-electron chi connectivity index (χ0n) is 11.9. The van der Waals surface area contributed by atoms with Crippen molar-refractivity contribution in [3.63, 3.8) is 0 Å². The molecule has 110 valence electrons. The van der Waals surface area contributed by atoms with Crippen LogP contribution >= 0.6 is 22.9 Å². The maximum absolute atomic E-state index is 6.25. The second-order valence-electron chi connectivity index (χ2n) is 5.09. The lowest BCUT2D eigenvalue weighted by molar-refractivity contribution is 0.498. The minimum Gasteiger partial charge on any atom is -0.444 e. The summed E-state index contributed by atoms with van der Waals surface area (Å²) in [5.41, 5.74) is 1.90. The molecule has 2 nitrogen and oxygen atoms in total. The Balaban J connectivity index is 1.80. The summed E-state index contributed by atoms with van der Waals surface area (Å²) in [6.07, 6.45) is 2.27. The molecule has 1 unspecified atom stereocenters. The molecule has 1 aromatic carbocycles. The molecular weight excluding hydrogens is 302 g/mol. The summed E-state index contributed by atoms with van der Waals surface area (Å²) >= 11 is 8.05. The molecule has 4 heteroatoms. The summed E-state index contributed by atoms with van der Waals surface area (Å²) < 4.78 is 5.61. The van der Waals surface area contributed by atoms with E-state index in [-0.39, 0.29) is 0 Å². The number of hydrogen-bond donors (Lipinski definition) is 1. The van der Waals surface area contributed by atoms with Crippen molar-refractivity contribution in [2.24, 2.45) is 0 Å². The van der Waals surface area contributed by atoms with Crippen molar-refractivity contribution in [1.82, 2.24) is 5.32 Å². The Kier molecular flexibility index (Phi) is 4.63. The van der Waals surface area contributed by atoms with Crippen molar-refractivity contribution < 1.29 is 4.42 Å². The Morgan fingerprint density at radius 2 is 2.10 bits per heavy atom. The van der Waals surface area contributed by atoms with E-state index in [9.17, 15) is 0 Å². The van der Waals surface area contributed by atoms with Gasteiger partial charge in [-0.25, -0.2) is 0 Å². The lowest BCUT2D eigenvalue weighted by Crippen LogP contribution is -2.20. The van der Waals surface area contributed by atoms with Gasteiger partial charge in [0, 0.05) is 28.4 Å². The van der Waals surface area contributed by atoms with E-state index in [1.165, 1.54) is 4.88 Å². The molecule has 1 N–H and O–H groups in total. The molecule has 0 amide bonds. The van der Waals surface area contributed by atoms with Crippen molar-refractivity contribution in [1.29, 1.82) is 0 Å². The molecule has 0 spiro atoms. The minimum atomic E-state index is 0.375. The number of nitrogens with one attached hydrogen (secondary N) is 1. The lowest BCUT2D eigenvalue weighted by Gasteiger charge is -2.16. The number of hydrogen-bond acceptors (Lipinski definition) is 3. The van der Waals surface area contributed by atoms with Crippen LogP contribution in [-0.2, 0) is 6.54 Å². The fourth-order valence-corrected chi connectivity index (χ4v) is 3.67. The van der Waals surface area contributed by atoms with Gasteiger partial charge in [0.05, 0.1) is 0 Å². The fraction of sp³-hybridized carbons (Fsp3) is 0.294. The van der Waals surface area contributed by atoms with Crippen LogP contribution in [0.2, 0.25) is 5.22 Å². The maximum Gasteiger partial charge on any atom is 0.199 e. The van der Waals surface area contributed by atoms with Gasteiger partial charge in [-0.1, -0.05) is 37.6 Å². The molecule has 3 rings (SSSR count). The summed E-state index contributed by atoms with van der Waals surface area (Å²) in [4.78, 5) is 1.38. The molecule has 0 aliphatic heterocycles. The third-order valence-electron chi connectivity index (χ3n) is 3.64. The van der Waals surface area contributed by atoms with E-state index in [0.29, 0.717) is 11.3 Å². The highest BCUT2D eigenvalue weighted by atomic mass is 35.5. The normalized spacial score (nSPS) is 12.9. The van der Waals surface area contributed by atoms with Gasteiger partial charge >= 0.3 is 0 Å². The van der Waals surface area contributed by atoms with E-state index < -0.39 is 0 Å². The first-order chi connectivity index (χ1) is 10.3. The third-order valence-corrected chi connectivity index (χ3v) is 4.93. The summed E-state index contributed by atoms with van der Waals surface area (Å²) in [7, 11) is 0. The Morgan fingerprint density at radius 3 is 2.86 bits per heavy atom. The Labute approximate surface area is 133 Å². The average Bonchev–Trinajstić information content (AvgIpc) is 3.11. The molecule has 0 bridgehead atoms. The summed E-state index contributed by atoms with van der Waals surface area (Å²) in [5.74, 6) is 0. The maximum atomic E-state index is 6.25. The van der Waals surface area contributed by atoms with Crippen LogP contribution in [0.5, 0.6) is 0 Å². The number of furan rings is 1. The molecular formula is C17H18ClNOS. The average molecular weight is 320 g/mol. The highest BCUT2D eigenvalue weighted by molar-refractivity contribution is 7.10. The van der Waals surface area contributed by atoms with E-state index in [2.05, 4.69) is 35.8 Å². The van der Waals surface area contributed by atoms with Crippen LogP contribution in [0.4, 0.5) is 0 Å². The lowest BCUT2D eigenvalue weighted by atomic mass is 10.1. The number of para-hydroxylation sites is 1. The molecule has 0 saturated heterocycles. The SMILES string of the molecule is CCCC(NCc1c(Cl)oc2ccccc12)c1cccs1. The van der Waals surface area contributed by atoms with Crippen LogP contribution < -0.4 is 5.32 Å². The molecule has 1 atom stereocenters. The van der Waals surface area contributed by atoms with Crippen LogP contribution in [-0.4, -0.2) is 0 Å². The van der Waals surface area contributed by atoms with Crippen molar-refractivity contribution in [3.8, 4) is 0 Å². The van der Waals surface area contributed by atoms with Crippen LogP contribution in [0.1, 0.15) is 36.2 Å². The van der Waals surface area contributed by atoms with Gasteiger partial charge in [-0.15, -0.1) is 11.3 Å². The predicted octanol–water partition coefficient (Wildman–Crippen LogP) is 5.78. The van der Waals surface area contributed by atoms with Gasteiger partial charge in [-0.3, -0.25) is 0 Å². The Morgan fingerprint density at radius 1 is 1.24 bits per heavy atom. The highest BCUT2D eigenvalue weighted by Crippen LogP contribution is 2.31. The number of halogens is 1. The van der Waals surface area contributed by atoms with E-state index in [4.69, 9.17) is 16.0 Å². The minimum absolute atomic E-state index is 0.375. The van der Waals surface area contributed by atoms with E-state index in [1.54, 1.807) is 11.3 Å². The number of benzene rings is 1. The second-order valence-corrected chi connectivity index (χ2v) is 6.41. The molecule has 0 saturated carbocycles. The van der Waals surface area contributed by atoms with E-state index in [1.807, 2.05) is 18.2 Å². The van der Waals surface area contributed by atoms with Gasteiger partial charge in [-0.2, -0.15) is 0 Å². The number of rotatable bonds is 6. The molecule has 3 aromatic rings. The third kappa shape index (κ3) is 3.15. The number of thiophene rings is 1. The largest absolute Gasteiger partial charge is 0.444 e. The zero-order valence-corrected chi connectivity index (χ0v) is 13.5. The molecule has 0 aliphatic rings. The van der Waals surface area contributed by atoms with Gasteiger partial charge < -0.3 is 9.73 Å². The monoisotopic (exact) mass is 319 g/mol. The second kappa shape index (κ2) is 6.65. The molecule has 21 heavy (non-hydrogen) atoms. The summed E-state index contributed by atoms with van der Waals surface area (Å²) in [6, 6.07) is 12.7. The van der Waals surface area contributed by atoms with E-state index in [0.717, 1.165) is 35.9 Å². The van der Waals surface area contributed by atoms with Crippen LogP contribution in [0.3, 0.4) is 0 Å². The van der Waals surface area contributed by atoms with Crippen LogP contribution in [0.15, 0.2) is 46.2 Å². The molecule has 0 radical (unpaired) electrons. The number of fused-ring (bicyclic) bond motifs is 1. The van der Waals surface area contributed by atoms with Crippen LogP contribution in [0, 0.1) is 0 Å². The Hall–Kier alpha value is -1.29. The van der Waals surface area contributed by atoms with Crippen molar-refractivity contribution >= 4 is 33.9 Å². The molecule has 0 aliphatic carbocycles. The highest BCUT2D eigenvalue weighted by Gasteiger charge is 2.15. The fourth-order valence-electron chi connectivity index (χ4n) is 2.58. The smallest absolute Gasteiger partial charge is 0.199 e. The van der Waals surface area contributed by atoms with Gasteiger partial charge in [-0.05, 0) is 35.5 Å². The van der Waals surface area contributed by atoms with Crippen molar-refractivity contribution in [2.75, 3.05) is 0 Å². The zero-order chi connectivity index (χ0) is 14.7. The Bertz CT molecular complexity index is 705. The quantitative estimate of drug-likeness (QED) is 0.623. The first-order valence-corrected chi connectivity index (χ1v) is 8.48. The standard InChI is InChI=1S/C17H18ClNOS/c1-2-6-14(16-9-5-10-21-16)19-11-13-12-7-3-4-8-15(12)20-17(13)18/h3-5,7-10,14,19H,2,6,11H2,1H3.